The summed E-state index contributed by atoms with van der Waals surface area (Å²) in [4.78, 5) is 9.15. The normalized spacial score (nSPS) is 10.9. The first-order valence-corrected chi connectivity index (χ1v) is 7.98. The largest absolute Gasteiger partial charge is 0.461 e. The number of hydrogen-bond donors (Lipinski definition) is 1. The molecule has 2 aromatic carbocycles. The van der Waals surface area contributed by atoms with Gasteiger partial charge in [-0.05, 0) is 42.5 Å². The van der Waals surface area contributed by atoms with Gasteiger partial charge in [0.15, 0.2) is 11.6 Å². The number of fused-ring (bicyclic) bond motifs is 1. The lowest BCUT2D eigenvalue weighted by Crippen LogP contribution is -1.99. The van der Waals surface area contributed by atoms with Gasteiger partial charge in [0.05, 0.1) is 11.8 Å². The summed E-state index contributed by atoms with van der Waals surface area (Å²) in [6, 6.07) is 16.6. The van der Waals surface area contributed by atoms with Gasteiger partial charge in [0, 0.05) is 21.1 Å². The number of nitrogens with zero attached hydrogens (tertiary/aromatic N) is 2. The van der Waals surface area contributed by atoms with Crippen LogP contribution in [0, 0.1) is 0 Å². The monoisotopic (exact) mass is 355 g/mol. The Hall–Kier alpha value is -2.56. The van der Waals surface area contributed by atoms with Crippen molar-refractivity contribution < 1.29 is 4.42 Å². The number of halogens is 2. The Balaban J connectivity index is 1.86. The fraction of sp³-hybridized carbons (Fsp3) is 0. The Morgan fingerprint density at radius 1 is 0.875 bits per heavy atom. The summed E-state index contributed by atoms with van der Waals surface area (Å²) in [7, 11) is 0. The number of anilines is 2. The van der Waals surface area contributed by atoms with Crippen LogP contribution in [0.5, 0.6) is 0 Å². The first kappa shape index (κ1) is 15.0. The first-order valence-electron chi connectivity index (χ1n) is 7.23. The Kier molecular flexibility index (Phi) is 3.84. The highest BCUT2D eigenvalue weighted by Gasteiger charge is 2.11. The molecular formula is C18H11Cl2N3O. The van der Waals surface area contributed by atoms with E-state index in [1.54, 1.807) is 30.5 Å². The van der Waals surface area contributed by atoms with Gasteiger partial charge in [0.25, 0.3) is 0 Å². The maximum atomic E-state index is 6.07. The molecule has 0 saturated carbocycles. The second-order valence-electron chi connectivity index (χ2n) is 5.17. The van der Waals surface area contributed by atoms with E-state index in [0.717, 1.165) is 16.6 Å². The molecule has 0 fully saturated rings. The lowest BCUT2D eigenvalue weighted by Gasteiger charge is -2.11. The molecular weight excluding hydrogens is 345 g/mol. The lowest BCUT2D eigenvalue weighted by molar-refractivity contribution is 0.577. The molecule has 0 unspecified atom stereocenters. The van der Waals surface area contributed by atoms with Crippen LogP contribution in [0.1, 0.15) is 0 Å². The van der Waals surface area contributed by atoms with E-state index >= 15 is 0 Å². The molecule has 0 aliphatic heterocycles. The number of furan rings is 1. The third kappa shape index (κ3) is 2.94. The van der Waals surface area contributed by atoms with Crippen LogP contribution in [0.25, 0.3) is 22.5 Å². The smallest absolute Gasteiger partial charge is 0.198 e. The summed E-state index contributed by atoms with van der Waals surface area (Å²) in [5.74, 6) is 1.77. The summed E-state index contributed by atoms with van der Waals surface area (Å²) in [5, 5.41) is 5.26. The van der Waals surface area contributed by atoms with Crippen LogP contribution in [0.3, 0.4) is 0 Å². The quantitative estimate of drug-likeness (QED) is 0.494. The maximum absolute atomic E-state index is 6.07. The third-order valence-electron chi connectivity index (χ3n) is 3.47. The van der Waals surface area contributed by atoms with Gasteiger partial charge in [-0.25, -0.2) is 9.97 Å². The van der Waals surface area contributed by atoms with Gasteiger partial charge < -0.3 is 9.73 Å². The van der Waals surface area contributed by atoms with Crippen molar-refractivity contribution in [3.05, 3.63) is 70.9 Å². The van der Waals surface area contributed by atoms with Crippen LogP contribution in [0.2, 0.25) is 10.0 Å². The van der Waals surface area contributed by atoms with Crippen molar-refractivity contribution >= 4 is 45.6 Å². The number of aromatic nitrogens is 2. The maximum Gasteiger partial charge on any atom is 0.198 e. The van der Waals surface area contributed by atoms with Gasteiger partial charge in [-0.1, -0.05) is 35.3 Å². The van der Waals surface area contributed by atoms with Crippen molar-refractivity contribution in [2.24, 2.45) is 0 Å². The standard InChI is InChI=1S/C18H11Cl2N3O/c19-11-8-12(20)10-13(9-11)21-17-14-4-1-2-5-15(14)22-18(23-17)16-6-3-7-24-16/h1-10H,(H,21,22,23). The van der Waals surface area contributed by atoms with E-state index in [4.69, 9.17) is 27.6 Å². The number of hydrogen-bond acceptors (Lipinski definition) is 4. The molecule has 2 aromatic heterocycles. The molecule has 0 saturated heterocycles. The topological polar surface area (TPSA) is 51.0 Å². The van der Waals surface area contributed by atoms with Crippen molar-refractivity contribution in [1.82, 2.24) is 9.97 Å². The second-order valence-corrected chi connectivity index (χ2v) is 6.05. The molecule has 0 aliphatic carbocycles. The van der Waals surface area contributed by atoms with Crippen molar-refractivity contribution in [3.8, 4) is 11.6 Å². The molecule has 4 nitrogen and oxygen atoms in total. The van der Waals surface area contributed by atoms with E-state index in [1.807, 2.05) is 30.3 Å². The average Bonchev–Trinajstić information content (AvgIpc) is 3.08. The zero-order valence-corrected chi connectivity index (χ0v) is 13.8. The lowest BCUT2D eigenvalue weighted by atomic mass is 10.2. The summed E-state index contributed by atoms with van der Waals surface area (Å²) in [6.07, 6.45) is 1.59. The zero-order valence-electron chi connectivity index (χ0n) is 12.3. The number of nitrogens with one attached hydrogen (secondary N) is 1. The fourth-order valence-corrected chi connectivity index (χ4v) is 2.98. The molecule has 2 heterocycles. The van der Waals surface area contributed by atoms with Gasteiger partial charge >= 0.3 is 0 Å². The van der Waals surface area contributed by atoms with Gasteiger partial charge in [-0.2, -0.15) is 0 Å². The molecule has 24 heavy (non-hydrogen) atoms. The van der Waals surface area contributed by atoms with E-state index in [2.05, 4.69) is 15.3 Å². The predicted molar refractivity (Wildman–Crippen MR) is 97.0 cm³/mol. The highest BCUT2D eigenvalue weighted by Crippen LogP contribution is 2.29. The Labute approximate surface area is 148 Å². The van der Waals surface area contributed by atoms with Crippen LogP contribution in [-0.2, 0) is 0 Å². The molecule has 1 N–H and O–H groups in total. The van der Waals surface area contributed by atoms with E-state index in [0.29, 0.717) is 27.4 Å². The molecule has 118 valence electrons. The van der Waals surface area contributed by atoms with Crippen LogP contribution < -0.4 is 5.32 Å². The van der Waals surface area contributed by atoms with E-state index in [9.17, 15) is 0 Å². The molecule has 6 heteroatoms. The summed E-state index contributed by atoms with van der Waals surface area (Å²) >= 11 is 12.1. The van der Waals surface area contributed by atoms with Gasteiger partial charge in [0.2, 0.25) is 0 Å². The summed E-state index contributed by atoms with van der Waals surface area (Å²) in [6.45, 7) is 0. The minimum Gasteiger partial charge on any atom is -0.461 e. The molecule has 0 bridgehead atoms. The van der Waals surface area contributed by atoms with Gasteiger partial charge in [-0.15, -0.1) is 0 Å². The fourth-order valence-electron chi connectivity index (χ4n) is 2.45. The van der Waals surface area contributed by atoms with Gasteiger partial charge in [-0.3, -0.25) is 0 Å². The minimum absolute atomic E-state index is 0.509. The van der Waals surface area contributed by atoms with E-state index < -0.39 is 0 Å². The summed E-state index contributed by atoms with van der Waals surface area (Å²) < 4.78 is 5.42. The zero-order chi connectivity index (χ0) is 16.5. The number of rotatable bonds is 3. The molecule has 4 aromatic rings. The van der Waals surface area contributed by atoms with Crippen molar-refractivity contribution in [2.75, 3.05) is 5.32 Å². The van der Waals surface area contributed by atoms with Crippen LogP contribution >= 0.6 is 23.2 Å². The van der Waals surface area contributed by atoms with E-state index in [-0.39, 0.29) is 0 Å². The molecule has 0 aliphatic rings. The molecule has 0 spiro atoms. The molecule has 4 rings (SSSR count). The SMILES string of the molecule is Clc1cc(Cl)cc(Nc2nc(-c3ccco3)nc3ccccc23)c1. The van der Waals surface area contributed by atoms with Crippen LogP contribution in [0.4, 0.5) is 11.5 Å². The van der Waals surface area contributed by atoms with Crippen LogP contribution in [0.15, 0.2) is 65.3 Å². The second kappa shape index (κ2) is 6.15. The molecule has 0 radical (unpaired) electrons. The number of para-hydroxylation sites is 1. The van der Waals surface area contributed by atoms with Gasteiger partial charge in [0.1, 0.15) is 5.82 Å². The Morgan fingerprint density at radius 2 is 1.67 bits per heavy atom. The number of benzene rings is 2. The summed E-state index contributed by atoms with van der Waals surface area (Å²) in [5.41, 5.74) is 1.57. The van der Waals surface area contributed by atoms with Crippen molar-refractivity contribution in [2.45, 2.75) is 0 Å². The molecule has 0 amide bonds. The third-order valence-corrected chi connectivity index (χ3v) is 3.91. The highest BCUT2D eigenvalue weighted by atomic mass is 35.5. The average molecular weight is 356 g/mol. The van der Waals surface area contributed by atoms with E-state index in [1.165, 1.54) is 0 Å². The Morgan fingerprint density at radius 3 is 2.42 bits per heavy atom. The van der Waals surface area contributed by atoms with Crippen LogP contribution in [-0.4, -0.2) is 9.97 Å². The van der Waals surface area contributed by atoms with Crippen molar-refractivity contribution in [1.29, 1.82) is 0 Å². The molecule has 0 atom stereocenters. The Bertz CT molecular complexity index is 996. The first-order chi connectivity index (χ1) is 11.7. The predicted octanol–water partition coefficient (Wildman–Crippen LogP) is 5.94. The van der Waals surface area contributed by atoms with Crippen molar-refractivity contribution in [3.63, 3.8) is 0 Å². The highest BCUT2D eigenvalue weighted by molar-refractivity contribution is 6.35. The minimum atomic E-state index is 0.509.